The van der Waals surface area contributed by atoms with Gasteiger partial charge < -0.3 is 10.5 Å². The highest BCUT2D eigenvalue weighted by Gasteiger charge is 1.96. The quantitative estimate of drug-likeness (QED) is 0.524. The van der Waals surface area contributed by atoms with E-state index in [-0.39, 0.29) is 5.91 Å². The topological polar surface area (TPSA) is 52.3 Å². The fourth-order valence-corrected chi connectivity index (χ4v) is 0.493. The maximum absolute atomic E-state index is 10.2. The molecule has 74 valence electrons. The summed E-state index contributed by atoms with van der Waals surface area (Å²) < 4.78 is 4.36. The first kappa shape index (κ1) is 14.0. The van der Waals surface area contributed by atoms with Crippen molar-refractivity contribution in [2.45, 2.75) is 19.8 Å². The first-order valence-electron chi connectivity index (χ1n) is 3.94. The molecule has 0 spiro atoms. The third-order valence-electron chi connectivity index (χ3n) is 1.09. The van der Waals surface area contributed by atoms with Crippen molar-refractivity contribution in [1.82, 2.24) is 0 Å². The molecule has 0 aromatic rings. The Kier molecular flexibility index (Phi) is 11.3. The van der Waals surface area contributed by atoms with Gasteiger partial charge in [-0.15, -0.1) is 0 Å². The summed E-state index contributed by atoms with van der Waals surface area (Å²) in [7, 11) is 0. The van der Waals surface area contributed by atoms with Crippen LogP contribution in [-0.2, 0) is 9.53 Å². The van der Waals surface area contributed by atoms with Gasteiger partial charge in [-0.05, 0) is 6.42 Å². The Morgan fingerprint density at radius 3 is 2.00 bits per heavy atom. The number of hydrogen-bond donors (Lipinski definition) is 1. The van der Waals surface area contributed by atoms with E-state index >= 15 is 0 Å². The fourth-order valence-electron chi connectivity index (χ4n) is 0.493. The van der Waals surface area contributed by atoms with Crippen molar-refractivity contribution in [2.24, 2.45) is 5.73 Å². The minimum absolute atomic E-state index is 0.383. The summed E-state index contributed by atoms with van der Waals surface area (Å²) in [5.41, 5.74) is 5.40. The van der Waals surface area contributed by atoms with Crippen LogP contribution in [0.15, 0.2) is 37.8 Å². The Labute approximate surface area is 79.6 Å². The van der Waals surface area contributed by atoms with E-state index in [2.05, 4.69) is 24.5 Å². The number of primary amides is 1. The third kappa shape index (κ3) is 13.5. The molecule has 0 heterocycles. The molecule has 0 fully saturated rings. The van der Waals surface area contributed by atoms with Gasteiger partial charge in [0.2, 0.25) is 5.91 Å². The number of ether oxygens (including phenoxy) is 1. The van der Waals surface area contributed by atoms with Crippen molar-refractivity contribution >= 4 is 5.91 Å². The summed E-state index contributed by atoms with van der Waals surface area (Å²) in [6.07, 6.45) is 4.27. The van der Waals surface area contributed by atoms with Crippen LogP contribution in [0.3, 0.4) is 0 Å². The Balaban J connectivity index is 0. The Morgan fingerprint density at radius 2 is 1.92 bits per heavy atom. The lowest BCUT2D eigenvalue weighted by molar-refractivity contribution is -0.114. The summed E-state index contributed by atoms with van der Waals surface area (Å²) in [6, 6.07) is 0. The van der Waals surface area contributed by atoms with Gasteiger partial charge in [0.25, 0.3) is 0 Å². The maximum atomic E-state index is 10.2. The van der Waals surface area contributed by atoms with E-state index < -0.39 is 0 Å². The van der Waals surface area contributed by atoms with Crippen molar-refractivity contribution in [3.05, 3.63) is 37.8 Å². The summed E-state index contributed by atoms with van der Waals surface area (Å²) in [5.74, 6) is -0.383. The average molecular weight is 183 g/mol. The fraction of sp³-hybridized carbons (Fsp3) is 0.300. The van der Waals surface area contributed by atoms with Gasteiger partial charge in [-0.2, -0.15) is 0 Å². The molecule has 0 unspecified atom stereocenters. The van der Waals surface area contributed by atoms with E-state index in [1.165, 1.54) is 12.5 Å². The van der Waals surface area contributed by atoms with Crippen LogP contribution in [0.25, 0.3) is 0 Å². The summed E-state index contributed by atoms with van der Waals surface area (Å²) >= 11 is 0. The average Bonchev–Trinajstić information content (AvgIpc) is 2.07. The SMILES string of the molecule is C=C(CCC)C(N)=O.C=COC=C. The predicted octanol–water partition coefficient (Wildman–Crippen LogP) is 2.12. The number of hydrogen-bond acceptors (Lipinski definition) is 2. The van der Waals surface area contributed by atoms with Gasteiger partial charge >= 0.3 is 0 Å². The number of amides is 1. The number of carbonyl (C=O) groups excluding carboxylic acids is 1. The highest BCUT2D eigenvalue weighted by molar-refractivity contribution is 5.91. The molecule has 3 heteroatoms. The monoisotopic (exact) mass is 183 g/mol. The third-order valence-corrected chi connectivity index (χ3v) is 1.09. The van der Waals surface area contributed by atoms with Crippen LogP contribution in [0.5, 0.6) is 0 Å². The Bertz CT molecular complexity index is 179. The molecule has 13 heavy (non-hydrogen) atoms. The molecule has 2 N–H and O–H groups in total. The number of carbonyl (C=O) groups is 1. The van der Waals surface area contributed by atoms with E-state index in [0.29, 0.717) is 5.57 Å². The zero-order chi connectivity index (χ0) is 10.7. The molecule has 0 radical (unpaired) electrons. The molecular weight excluding hydrogens is 166 g/mol. The van der Waals surface area contributed by atoms with Crippen molar-refractivity contribution in [3.8, 4) is 0 Å². The highest BCUT2D eigenvalue weighted by Crippen LogP contribution is 1.98. The van der Waals surface area contributed by atoms with Crippen molar-refractivity contribution in [1.29, 1.82) is 0 Å². The van der Waals surface area contributed by atoms with Gasteiger partial charge in [0.1, 0.15) is 0 Å². The Morgan fingerprint density at radius 1 is 1.46 bits per heavy atom. The molecular formula is C10H17NO2. The van der Waals surface area contributed by atoms with E-state index in [0.717, 1.165) is 12.8 Å². The molecule has 0 aromatic heterocycles. The largest absolute Gasteiger partial charge is 0.474 e. The lowest BCUT2D eigenvalue weighted by Crippen LogP contribution is -2.12. The zero-order valence-corrected chi connectivity index (χ0v) is 8.08. The van der Waals surface area contributed by atoms with Gasteiger partial charge in [0, 0.05) is 5.57 Å². The van der Waals surface area contributed by atoms with Crippen molar-refractivity contribution in [3.63, 3.8) is 0 Å². The number of nitrogens with two attached hydrogens (primary N) is 1. The van der Waals surface area contributed by atoms with Crippen molar-refractivity contribution in [2.75, 3.05) is 0 Å². The second-order valence-electron chi connectivity index (χ2n) is 2.19. The van der Waals surface area contributed by atoms with Gasteiger partial charge in [-0.25, -0.2) is 0 Å². The molecule has 0 aliphatic rings. The minimum Gasteiger partial charge on any atom is -0.474 e. The standard InChI is InChI=1S/C6H11NO.C4H6O/c1-3-4-5(2)6(7)8;1-3-5-4-2/h2-4H2,1H3,(H2,7,8);3-4H,1-2H2. The first-order chi connectivity index (χ1) is 6.09. The van der Waals surface area contributed by atoms with Crippen LogP contribution in [0.1, 0.15) is 19.8 Å². The molecule has 1 amide bonds. The molecule has 3 nitrogen and oxygen atoms in total. The van der Waals surface area contributed by atoms with Crippen LogP contribution < -0.4 is 5.73 Å². The van der Waals surface area contributed by atoms with Crippen LogP contribution in [0.4, 0.5) is 0 Å². The smallest absolute Gasteiger partial charge is 0.244 e. The van der Waals surface area contributed by atoms with E-state index in [9.17, 15) is 4.79 Å². The van der Waals surface area contributed by atoms with Crippen LogP contribution in [0.2, 0.25) is 0 Å². The summed E-state index contributed by atoms with van der Waals surface area (Å²) in [5, 5.41) is 0. The molecule has 0 saturated heterocycles. The second kappa shape index (κ2) is 10.5. The Hall–Kier alpha value is -1.51. The van der Waals surface area contributed by atoms with Gasteiger partial charge in [-0.3, -0.25) is 4.79 Å². The normalized spacial score (nSPS) is 7.46. The highest BCUT2D eigenvalue weighted by atomic mass is 16.5. The molecule has 0 aliphatic carbocycles. The van der Waals surface area contributed by atoms with Gasteiger partial charge in [0.05, 0.1) is 12.5 Å². The zero-order valence-electron chi connectivity index (χ0n) is 8.08. The van der Waals surface area contributed by atoms with Crippen LogP contribution >= 0.6 is 0 Å². The van der Waals surface area contributed by atoms with Crippen LogP contribution in [-0.4, -0.2) is 5.91 Å². The lowest BCUT2D eigenvalue weighted by Gasteiger charge is -1.93. The minimum atomic E-state index is -0.383. The van der Waals surface area contributed by atoms with Crippen molar-refractivity contribution < 1.29 is 9.53 Å². The molecule has 0 rings (SSSR count). The molecule has 0 aliphatic heterocycles. The molecule has 0 aromatic carbocycles. The second-order valence-corrected chi connectivity index (χ2v) is 2.19. The van der Waals surface area contributed by atoms with E-state index in [1.807, 2.05) is 6.92 Å². The van der Waals surface area contributed by atoms with E-state index in [4.69, 9.17) is 5.73 Å². The summed E-state index contributed by atoms with van der Waals surface area (Å²) in [6.45, 7) is 12.0. The lowest BCUT2D eigenvalue weighted by atomic mass is 10.2. The molecule has 0 bridgehead atoms. The summed E-state index contributed by atoms with van der Waals surface area (Å²) in [4.78, 5) is 10.2. The predicted molar refractivity (Wildman–Crippen MR) is 54.7 cm³/mol. The first-order valence-corrected chi connectivity index (χ1v) is 3.94. The van der Waals surface area contributed by atoms with Crippen LogP contribution in [0, 0.1) is 0 Å². The maximum Gasteiger partial charge on any atom is 0.244 e. The molecule has 0 atom stereocenters. The van der Waals surface area contributed by atoms with Gasteiger partial charge in [-0.1, -0.05) is 33.1 Å². The number of rotatable bonds is 5. The van der Waals surface area contributed by atoms with E-state index in [1.54, 1.807) is 0 Å². The molecule has 0 saturated carbocycles. The van der Waals surface area contributed by atoms with Gasteiger partial charge in [0.15, 0.2) is 0 Å².